The van der Waals surface area contributed by atoms with E-state index in [1.807, 2.05) is 12.1 Å². The van der Waals surface area contributed by atoms with Crippen molar-refractivity contribution in [1.29, 1.82) is 0 Å². The van der Waals surface area contributed by atoms with Gasteiger partial charge in [-0.3, -0.25) is 0 Å². The second kappa shape index (κ2) is 6.52. The summed E-state index contributed by atoms with van der Waals surface area (Å²) in [6, 6.07) is 12.4. The fourth-order valence-electron chi connectivity index (χ4n) is 1.86. The monoisotopic (exact) mass is 354 g/mol. The third kappa shape index (κ3) is 3.32. The van der Waals surface area contributed by atoms with Gasteiger partial charge in [0.15, 0.2) is 0 Å². The SMILES string of the molecule is Clc1cccc(COn2nnnc2-c2ccc(Cl)cc2Cl)c1. The van der Waals surface area contributed by atoms with Gasteiger partial charge in [-0.25, -0.2) is 0 Å². The van der Waals surface area contributed by atoms with Gasteiger partial charge in [-0.2, -0.15) is 0 Å². The molecule has 0 bridgehead atoms. The van der Waals surface area contributed by atoms with Gasteiger partial charge in [-0.1, -0.05) is 51.8 Å². The first-order valence-corrected chi connectivity index (χ1v) is 7.38. The van der Waals surface area contributed by atoms with Crippen molar-refractivity contribution in [1.82, 2.24) is 20.4 Å². The highest BCUT2D eigenvalue weighted by Gasteiger charge is 2.14. The van der Waals surface area contributed by atoms with E-state index in [1.54, 1.807) is 30.3 Å². The molecule has 5 nitrogen and oxygen atoms in total. The van der Waals surface area contributed by atoms with Crippen LogP contribution < -0.4 is 4.84 Å². The van der Waals surface area contributed by atoms with Gasteiger partial charge in [-0.05, 0) is 46.3 Å². The van der Waals surface area contributed by atoms with Crippen molar-refractivity contribution in [2.24, 2.45) is 0 Å². The van der Waals surface area contributed by atoms with Crippen LogP contribution in [0.15, 0.2) is 42.5 Å². The van der Waals surface area contributed by atoms with Crippen molar-refractivity contribution in [3.8, 4) is 11.4 Å². The summed E-state index contributed by atoms with van der Waals surface area (Å²) in [6.07, 6.45) is 0. The van der Waals surface area contributed by atoms with Crippen molar-refractivity contribution in [3.63, 3.8) is 0 Å². The smallest absolute Gasteiger partial charge is 0.223 e. The first-order chi connectivity index (χ1) is 10.6. The van der Waals surface area contributed by atoms with E-state index in [0.29, 0.717) is 26.5 Å². The highest BCUT2D eigenvalue weighted by atomic mass is 35.5. The zero-order chi connectivity index (χ0) is 15.5. The maximum Gasteiger partial charge on any atom is 0.223 e. The third-order valence-electron chi connectivity index (χ3n) is 2.86. The molecule has 8 heteroatoms. The molecule has 3 rings (SSSR count). The van der Waals surface area contributed by atoms with E-state index >= 15 is 0 Å². The van der Waals surface area contributed by atoms with E-state index in [2.05, 4.69) is 15.5 Å². The Hall–Kier alpha value is -1.82. The summed E-state index contributed by atoms with van der Waals surface area (Å²) < 4.78 is 0. The highest BCUT2D eigenvalue weighted by molar-refractivity contribution is 6.36. The predicted molar refractivity (Wildman–Crippen MR) is 85.0 cm³/mol. The van der Waals surface area contributed by atoms with Gasteiger partial charge >= 0.3 is 0 Å². The molecule has 0 aliphatic carbocycles. The summed E-state index contributed by atoms with van der Waals surface area (Å²) in [5.74, 6) is 0.392. The van der Waals surface area contributed by atoms with Gasteiger partial charge in [0.1, 0.15) is 6.61 Å². The zero-order valence-electron chi connectivity index (χ0n) is 11.1. The van der Waals surface area contributed by atoms with E-state index in [0.717, 1.165) is 5.56 Å². The Morgan fingerprint density at radius 1 is 1.00 bits per heavy atom. The summed E-state index contributed by atoms with van der Waals surface area (Å²) in [5.41, 5.74) is 1.53. The fourth-order valence-corrected chi connectivity index (χ4v) is 2.56. The van der Waals surface area contributed by atoms with E-state index in [1.165, 1.54) is 4.85 Å². The van der Waals surface area contributed by atoms with Gasteiger partial charge in [0.2, 0.25) is 5.82 Å². The van der Waals surface area contributed by atoms with Crippen LogP contribution >= 0.6 is 34.8 Å². The molecule has 0 atom stereocenters. The molecule has 0 spiro atoms. The maximum atomic E-state index is 6.16. The normalized spacial score (nSPS) is 10.7. The number of benzene rings is 2. The number of hydrogen-bond acceptors (Lipinski definition) is 4. The van der Waals surface area contributed by atoms with Crippen LogP contribution in [0.3, 0.4) is 0 Å². The lowest BCUT2D eigenvalue weighted by molar-refractivity contribution is 0.0695. The van der Waals surface area contributed by atoms with Crippen LogP contribution in [0.1, 0.15) is 5.56 Å². The van der Waals surface area contributed by atoms with Gasteiger partial charge in [0.05, 0.1) is 5.02 Å². The van der Waals surface area contributed by atoms with Gasteiger partial charge in [-0.15, -0.1) is 5.10 Å². The molecule has 22 heavy (non-hydrogen) atoms. The molecule has 3 aromatic rings. The Morgan fingerprint density at radius 3 is 2.59 bits per heavy atom. The predicted octanol–water partition coefficient (Wildman–Crippen LogP) is 3.93. The first kappa shape index (κ1) is 15.1. The summed E-state index contributed by atoms with van der Waals surface area (Å²) in [7, 11) is 0. The number of hydrogen-bond donors (Lipinski definition) is 0. The van der Waals surface area contributed by atoms with Crippen molar-refractivity contribution >= 4 is 34.8 Å². The summed E-state index contributed by atoms with van der Waals surface area (Å²) in [6.45, 7) is 0.268. The lowest BCUT2D eigenvalue weighted by Crippen LogP contribution is -2.14. The molecule has 0 saturated heterocycles. The Labute approximate surface area is 141 Å². The highest BCUT2D eigenvalue weighted by Crippen LogP contribution is 2.28. The first-order valence-electron chi connectivity index (χ1n) is 6.25. The molecule has 0 aliphatic rings. The van der Waals surface area contributed by atoms with Crippen LogP contribution in [-0.4, -0.2) is 20.4 Å². The van der Waals surface area contributed by atoms with Crippen molar-refractivity contribution in [3.05, 3.63) is 63.1 Å². The molecule has 1 heterocycles. The van der Waals surface area contributed by atoms with Crippen LogP contribution in [0, 0.1) is 0 Å². The molecule has 1 aromatic heterocycles. The van der Waals surface area contributed by atoms with Gasteiger partial charge < -0.3 is 4.84 Å². The zero-order valence-corrected chi connectivity index (χ0v) is 13.3. The van der Waals surface area contributed by atoms with E-state index in [4.69, 9.17) is 39.6 Å². The average Bonchev–Trinajstić information content (AvgIpc) is 2.93. The number of nitrogens with zero attached hydrogens (tertiary/aromatic N) is 4. The molecule has 2 aromatic carbocycles. The lowest BCUT2D eigenvalue weighted by Gasteiger charge is -2.08. The molecule has 0 amide bonds. The van der Waals surface area contributed by atoms with Crippen LogP contribution in [0.2, 0.25) is 15.1 Å². The molecule has 0 radical (unpaired) electrons. The minimum absolute atomic E-state index is 0.268. The Balaban J connectivity index is 1.83. The minimum Gasteiger partial charge on any atom is -0.389 e. The number of rotatable bonds is 4. The second-order valence-corrected chi connectivity index (χ2v) is 5.68. The van der Waals surface area contributed by atoms with Gasteiger partial charge in [0.25, 0.3) is 0 Å². The Morgan fingerprint density at radius 2 is 1.82 bits per heavy atom. The second-order valence-electron chi connectivity index (χ2n) is 4.40. The number of aromatic nitrogens is 4. The molecule has 0 unspecified atom stereocenters. The summed E-state index contributed by atoms with van der Waals surface area (Å²) in [4.78, 5) is 6.81. The van der Waals surface area contributed by atoms with Crippen molar-refractivity contribution in [2.45, 2.75) is 6.61 Å². The Kier molecular flexibility index (Phi) is 4.47. The van der Waals surface area contributed by atoms with E-state index in [-0.39, 0.29) is 6.61 Å². The third-order valence-corrected chi connectivity index (χ3v) is 3.64. The maximum absolute atomic E-state index is 6.16. The van der Waals surface area contributed by atoms with E-state index < -0.39 is 0 Å². The molecular formula is C14H9Cl3N4O. The average molecular weight is 356 g/mol. The molecule has 0 saturated carbocycles. The quantitative estimate of drug-likeness (QED) is 0.711. The number of halogens is 3. The van der Waals surface area contributed by atoms with Crippen LogP contribution in [0.4, 0.5) is 0 Å². The standard InChI is InChI=1S/C14H9Cl3N4O/c15-10-3-1-2-9(6-10)8-22-21-14(18-19-20-21)12-5-4-11(16)7-13(12)17/h1-7H,8H2. The molecule has 0 aliphatic heterocycles. The minimum atomic E-state index is 0.268. The molecule has 0 N–H and O–H groups in total. The lowest BCUT2D eigenvalue weighted by atomic mass is 10.2. The molecule has 0 fully saturated rings. The van der Waals surface area contributed by atoms with Crippen LogP contribution in [-0.2, 0) is 6.61 Å². The van der Waals surface area contributed by atoms with Crippen molar-refractivity contribution < 1.29 is 4.84 Å². The van der Waals surface area contributed by atoms with Gasteiger partial charge in [0, 0.05) is 15.6 Å². The van der Waals surface area contributed by atoms with Crippen LogP contribution in [0.5, 0.6) is 0 Å². The van der Waals surface area contributed by atoms with E-state index in [9.17, 15) is 0 Å². The van der Waals surface area contributed by atoms with Crippen LogP contribution in [0.25, 0.3) is 11.4 Å². The molecule has 112 valence electrons. The fraction of sp³-hybridized carbons (Fsp3) is 0.0714. The topological polar surface area (TPSA) is 52.8 Å². The Bertz CT molecular complexity index is 806. The number of tetrazole rings is 1. The summed E-state index contributed by atoms with van der Waals surface area (Å²) in [5, 5.41) is 13.0. The van der Waals surface area contributed by atoms with Crippen molar-refractivity contribution in [2.75, 3.05) is 0 Å². The largest absolute Gasteiger partial charge is 0.389 e. The summed E-state index contributed by atoms with van der Waals surface area (Å²) >= 11 is 18.0. The molecular weight excluding hydrogens is 347 g/mol.